The van der Waals surface area contributed by atoms with Crippen LogP contribution >= 0.6 is 0 Å². The molecule has 1 N–H and O–H groups in total. The van der Waals surface area contributed by atoms with E-state index in [9.17, 15) is 23.9 Å². The first kappa shape index (κ1) is 20.2. The lowest BCUT2D eigenvalue weighted by atomic mass is 10.2. The minimum absolute atomic E-state index is 0.136. The number of aryl methyl sites for hydroxylation is 1. The van der Waals surface area contributed by atoms with Crippen LogP contribution in [0.4, 0.5) is 11.4 Å². The summed E-state index contributed by atoms with van der Waals surface area (Å²) in [5.41, 5.74) is 0.864. The van der Waals surface area contributed by atoms with Gasteiger partial charge in [0.05, 0.1) is 31.9 Å². The number of hydrogen-bond donors (Lipinski definition) is 1. The van der Waals surface area contributed by atoms with Gasteiger partial charge in [0.1, 0.15) is 0 Å². The van der Waals surface area contributed by atoms with Crippen LogP contribution in [0.5, 0.6) is 0 Å². The molecule has 2 rings (SSSR count). The van der Waals surface area contributed by atoms with Gasteiger partial charge in [-0.05, 0) is 24.6 Å². The second-order valence-corrected chi connectivity index (χ2v) is 7.22. The Morgan fingerprint density at radius 1 is 1.22 bits per heavy atom. The summed E-state index contributed by atoms with van der Waals surface area (Å²) in [7, 11) is -1.34. The molecule has 27 heavy (non-hydrogen) atoms. The largest absolute Gasteiger partial charge is 0.452 e. The van der Waals surface area contributed by atoms with E-state index in [2.05, 4.69) is 5.32 Å². The maximum absolute atomic E-state index is 12.2. The maximum Gasteiger partial charge on any atom is 0.339 e. The van der Waals surface area contributed by atoms with Gasteiger partial charge in [-0.2, -0.15) is 0 Å². The van der Waals surface area contributed by atoms with E-state index in [1.54, 1.807) is 32.0 Å². The number of benzene rings is 2. The van der Waals surface area contributed by atoms with Crippen molar-refractivity contribution in [3.63, 3.8) is 0 Å². The molecule has 0 unspecified atom stereocenters. The number of hydrogen-bond acceptors (Lipinski definition) is 6. The number of nitro benzene ring substituents is 1. The Morgan fingerprint density at radius 3 is 2.59 bits per heavy atom. The first-order valence-corrected chi connectivity index (χ1v) is 9.34. The number of rotatable bonds is 7. The molecule has 0 aromatic heterocycles. The Hall–Kier alpha value is -3.07. The first-order valence-electron chi connectivity index (χ1n) is 8.03. The van der Waals surface area contributed by atoms with Crippen molar-refractivity contribution in [2.45, 2.75) is 18.7 Å². The number of ether oxygens (including phenoxy) is 1. The number of esters is 1. The quantitative estimate of drug-likeness (QED) is 0.441. The van der Waals surface area contributed by atoms with Gasteiger partial charge in [0.15, 0.2) is 6.61 Å². The zero-order chi connectivity index (χ0) is 20.0. The van der Waals surface area contributed by atoms with E-state index in [0.717, 1.165) is 0 Å². The molecular weight excluding hydrogens is 372 g/mol. The lowest BCUT2D eigenvalue weighted by Crippen LogP contribution is -2.22. The standard InChI is InChI=1S/C18H18N2O6S/c1-3-27(25)16-7-5-4-6-14(16)18(22)26-11-17(21)19-15-10-13(20(23)24)9-8-12(15)2/h4-10H,3,11H2,1-2H3,(H,19,21)/t27-/m0/s1. The van der Waals surface area contributed by atoms with E-state index in [4.69, 9.17) is 4.74 Å². The second kappa shape index (κ2) is 9.04. The van der Waals surface area contributed by atoms with Crippen LogP contribution in [0.1, 0.15) is 22.8 Å². The lowest BCUT2D eigenvalue weighted by Gasteiger charge is -2.10. The average molecular weight is 390 g/mol. The van der Waals surface area contributed by atoms with Gasteiger partial charge in [0.2, 0.25) is 0 Å². The molecule has 0 aliphatic carbocycles. The Labute approximate surface area is 158 Å². The summed E-state index contributed by atoms with van der Waals surface area (Å²) in [6.07, 6.45) is 0. The van der Waals surface area contributed by atoms with E-state index in [-0.39, 0.29) is 16.9 Å². The summed E-state index contributed by atoms with van der Waals surface area (Å²) in [5.74, 6) is -1.06. The van der Waals surface area contributed by atoms with Crippen molar-refractivity contribution < 1.29 is 23.5 Å². The molecule has 0 aliphatic rings. The molecule has 0 heterocycles. The molecule has 2 aromatic carbocycles. The van der Waals surface area contributed by atoms with Gasteiger partial charge >= 0.3 is 5.97 Å². The van der Waals surface area contributed by atoms with E-state index in [0.29, 0.717) is 16.2 Å². The molecule has 9 heteroatoms. The second-order valence-electron chi connectivity index (χ2n) is 5.51. The fourth-order valence-corrected chi connectivity index (χ4v) is 3.18. The van der Waals surface area contributed by atoms with Crippen LogP contribution in [-0.4, -0.2) is 33.4 Å². The maximum atomic E-state index is 12.2. The lowest BCUT2D eigenvalue weighted by molar-refractivity contribution is -0.384. The van der Waals surface area contributed by atoms with Gasteiger partial charge in [0.25, 0.3) is 11.6 Å². The third-order valence-electron chi connectivity index (χ3n) is 3.65. The SMILES string of the molecule is CC[S@](=O)c1ccccc1C(=O)OCC(=O)Nc1cc([N+](=O)[O-])ccc1C. The van der Waals surface area contributed by atoms with Crippen molar-refractivity contribution in [1.82, 2.24) is 0 Å². The number of nitrogens with one attached hydrogen (secondary N) is 1. The third kappa shape index (κ3) is 5.20. The van der Waals surface area contributed by atoms with Crippen molar-refractivity contribution in [3.8, 4) is 0 Å². The highest BCUT2D eigenvalue weighted by molar-refractivity contribution is 7.85. The highest BCUT2D eigenvalue weighted by Crippen LogP contribution is 2.22. The normalized spacial score (nSPS) is 11.5. The highest BCUT2D eigenvalue weighted by Gasteiger charge is 2.18. The molecule has 2 aromatic rings. The first-order chi connectivity index (χ1) is 12.8. The van der Waals surface area contributed by atoms with E-state index in [1.165, 1.54) is 24.3 Å². The molecule has 0 fully saturated rings. The van der Waals surface area contributed by atoms with Crippen LogP contribution in [0, 0.1) is 17.0 Å². The van der Waals surface area contributed by atoms with Crippen molar-refractivity contribution in [3.05, 3.63) is 63.7 Å². The van der Waals surface area contributed by atoms with Gasteiger partial charge < -0.3 is 10.1 Å². The molecule has 0 saturated carbocycles. The summed E-state index contributed by atoms with van der Waals surface area (Å²) in [5, 5.41) is 13.3. The minimum atomic E-state index is -1.34. The van der Waals surface area contributed by atoms with Crippen molar-refractivity contribution >= 4 is 34.1 Å². The number of carbonyl (C=O) groups excluding carboxylic acids is 2. The monoisotopic (exact) mass is 390 g/mol. The van der Waals surface area contributed by atoms with Gasteiger partial charge in [-0.1, -0.05) is 25.1 Å². The topological polar surface area (TPSA) is 116 Å². The summed E-state index contributed by atoms with van der Waals surface area (Å²) < 4.78 is 17.0. The summed E-state index contributed by atoms with van der Waals surface area (Å²) in [6.45, 7) is 2.84. The molecule has 0 aliphatic heterocycles. The highest BCUT2D eigenvalue weighted by atomic mass is 32.2. The van der Waals surface area contributed by atoms with Crippen LogP contribution in [-0.2, 0) is 20.3 Å². The fourth-order valence-electron chi connectivity index (χ4n) is 2.24. The summed E-state index contributed by atoms with van der Waals surface area (Å²) in [4.78, 5) is 34.9. The smallest absolute Gasteiger partial charge is 0.339 e. The van der Waals surface area contributed by atoms with E-state index in [1.807, 2.05) is 0 Å². The van der Waals surface area contributed by atoms with E-state index >= 15 is 0 Å². The predicted octanol–water partition coefficient (Wildman–Crippen LogP) is 2.83. The fraction of sp³-hybridized carbons (Fsp3) is 0.222. The molecule has 142 valence electrons. The number of anilines is 1. The number of nitrogens with zero attached hydrogens (tertiary/aromatic N) is 1. The van der Waals surface area contributed by atoms with Crippen LogP contribution in [0.25, 0.3) is 0 Å². The van der Waals surface area contributed by atoms with Crippen LogP contribution < -0.4 is 5.32 Å². The van der Waals surface area contributed by atoms with Gasteiger partial charge in [-0.25, -0.2) is 4.79 Å². The minimum Gasteiger partial charge on any atom is -0.452 e. The Balaban J connectivity index is 2.04. The Kier molecular flexibility index (Phi) is 6.78. The zero-order valence-electron chi connectivity index (χ0n) is 14.8. The van der Waals surface area contributed by atoms with Gasteiger partial charge in [-0.15, -0.1) is 0 Å². The molecule has 0 spiro atoms. The van der Waals surface area contributed by atoms with Crippen LogP contribution in [0.3, 0.4) is 0 Å². The van der Waals surface area contributed by atoms with Gasteiger partial charge in [-0.3, -0.25) is 19.1 Å². The molecule has 1 atom stereocenters. The number of nitro groups is 1. The number of non-ortho nitro benzene ring substituents is 1. The van der Waals surface area contributed by atoms with Gasteiger partial charge in [0, 0.05) is 17.9 Å². The number of carbonyl (C=O) groups is 2. The van der Waals surface area contributed by atoms with Crippen LogP contribution in [0.2, 0.25) is 0 Å². The summed E-state index contributed by atoms with van der Waals surface area (Å²) in [6, 6.07) is 10.4. The molecular formula is C18H18N2O6S. The molecule has 0 bridgehead atoms. The average Bonchev–Trinajstić information content (AvgIpc) is 2.67. The zero-order valence-corrected chi connectivity index (χ0v) is 15.6. The van der Waals surface area contributed by atoms with Crippen LogP contribution in [0.15, 0.2) is 47.4 Å². The molecule has 8 nitrogen and oxygen atoms in total. The van der Waals surface area contributed by atoms with Crippen molar-refractivity contribution in [2.24, 2.45) is 0 Å². The Bertz CT molecular complexity index is 912. The third-order valence-corrected chi connectivity index (χ3v) is 5.03. The molecule has 0 radical (unpaired) electrons. The predicted molar refractivity (Wildman–Crippen MR) is 100 cm³/mol. The number of amides is 1. The molecule has 1 amide bonds. The Morgan fingerprint density at radius 2 is 1.93 bits per heavy atom. The van der Waals surface area contributed by atoms with Crippen molar-refractivity contribution in [2.75, 3.05) is 17.7 Å². The molecule has 0 saturated heterocycles. The summed E-state index contributed by atoms with van der Waals surface area (Å²) >= 11 is 0. The van der Waals surface area contributed by atoms with E-state index < -0.39 is 34.2 Å². The van der Waals surface area contributed by atoms with Crippen molar-refractivity contribution in [1.29, 1.82) is 0 Å².